The summed E-state index contributed by atoms with van der Waals surface area (Å²) in [5.74, 6) is -1.81. The fraction of sp³-hybridized carbons (Fsp3) is 0.364. The molecular formula is C11H12F2N2O. The van der Waals surface area contributed by atoms with Gasteiger partial charge in [0.2, 0.25) is 0 Å². The molecular weight excluding hydrogens is 214 g/mol. The van der Waals surface area contributed by atoms with E-state index in [4.69, 9.17) is 5.73 Å². The quantitative estimate of drug-likeness (QED) is 0.780. The minimum atomic E-state index is -0.702. The summed E-state index contributed by atoms with van der Waals surface area (Å²) in [5, 5.41) is 0. The van der Waals surface area contributed by atoms with Crippen LogP contribution in [0.5, 0.6) is 0 Å². The van der Waals surface area contributed by atoms with Gasteiger partial charge in [0, 0.05) is 19.1 Å². The van der Waals surface area contributed by atoms with Crippen LogP contribution in [0.4, 0.5) is 8.78 Å². The Morgan fingerprint density at radius 1 is 1.44 bits per heavy atom. The van der Waals surface area contributed by atoms with Crippen molar-refractivity contribution >= 4 is 5.91 Å². The molecule has 1 aromatic carbocycles. The molecule has 86 valence electrons. The lowest BCUT2D eigenvalue weighted by molar-refractivity contribution is 0.0785. The molecule has 2 rings (SSSR count). The van der Waals surface area contributed by atoms with Crippen LogP contribution < -0.4 is 5.73 Å². The minimum absolute atomic E-state index is 0.0689. The zero-order valence-corrected chi connectivity index (χ0v) is 8.62. The van der Waals surface area contributed by atoms with E-state index < -0.39 is 17.5 Å². The normalized spacial score (nSPS) is 20.2. The summed E-state index contributed by atoms with van der Waals surface area (Å²) >= 11 is 0. The number of nitrogens with zero attached hydrogens (tertiary/aromatic N) is 1. The van der Waals surface area contributed by atoms with Gasteiger partial charge in [-0.15, -0.1) is 0 Å². The number of nitrogens with two attached hydrogens (primary N) is 1. The van der Waals surface area contributed by atoms with Gasteiger partial charge in [-0.3, -0.25) is 4.79 Å². The Hall–Kier alpha value is -1.49. The Bertz CT molecular complexity index is 422. The molecule has 0 unspecified atom stereocenters. The standard InChI is InChI=1S/C11H12F2N2O/c12-7-1-2-10(13)9(5-7)11(16)15-4-3-8(14)6-15/h1-2,5,8H,3-4,6,14H2/t8-/m0/s1. The second kappa shape index (κ2) is 4.17. The maximum absolute atomic E-state index is 13.3. The topological polar surface area (TPSA) is 46.3 Å². The van der Waals surface area contributed by atoms with Crippen LogP contribution in [0.15, 0.2) is 18.2 Å². The van der Waals surface area contributed by atoms with Crippen molar-refractivity contribution in [2.75, 3.05) is 13.1 Å². The predicted molar refractivity (Wildman–Crippen MR) is 54.9 cm³/mol. The smallest absolute Gasteiger partial charge is 0.256 e. The molecule has 1 aliphatic heterocycles. The zero-order chi connectivity index (χ0) is 11.7. The van der Waals surface area contributed by atoms with Crippen LogP contribution in [0.25, 0.3) is 0 Å². The molecule has 1 amide bonds. The van der Waals surface area contributed by atoms with Crippen molar-refractivity contribution in [3.63, 3.8) is 0 Å². The van der Waals surface area contributed by atoms with Crippen molar-refractivity contribution in [2.45, 2.75) is 12.5 Å². The number of amides is 1. The van der Waals surface area contributed by atoms with Gasteiger partial charge >= 0.3 is 0 Å². The van der Waals surface area contributed by atoms with E-state index in [2.05, 4.69) is 0 Å². The number of rotatable bonds is 1. The van der Waals surface area contributed by atoms with E-state index in [1.165, 1.54) is 4.90 Å². The number of likely N-dealkylation sites (tertiary alicyclic amines) is 1. The largest absolute Gasteiger partial charge is 0.337 e. The van der Waals surface area contributed by atoms with Crippen molar-refractivity contribution in [1.82, 2.24) is 4.90 Å². The summed E-state index contributed by atoms with van der Waals surface area (Å²) in [5.41, 5.74) is 5.42. The summed E-state index contributed by atoms with van der Waals surface area (Å²) in [6, 6.07) is 2.79. The van der Waals surface area contributed by atoms with Crippen LogP contribution in [0, 0.1) is 11.6 Å². The van der Waals surface area contributed by atoms with E-state index in [1.54, 1.807) is 0 Å². The molecule has 0 saturated carbocycles. The van der Waals surface area contributed by atoms with E-state index in [0.29, 0.717) is 19.5 Å². The van der Waals surface area contributed by atoms with Crippen molar-refractivity contribution in [3.05, 3.63) is 35.4 Å². The maximum Gasteiger partial charge on any atom is 0.256 e. The highest BCUT2D eigenvalue weighted by Crippen LogP contribution is 2.16. The maximum atomic E-state index is 13.3. The van der Waals surface area contributed by atoms with Gasteiger partial charge in [-0.25, -0.2) is 8.78 Å². The first kappa shape index (κ1) is 11.0. The molecule has 0 radical (unpaired) electrons. The van der Waals surface area contributed by atoms with E-state index in [-0.39, 0.29) is 11.6 Å². The molecule has 0 bridgehead atoms. The van der Waals surface area contributed by atoms with E-state index in [1.807, 2.05) is 0 Å². The molecule has 0 aliphatic carbocycles. The monoisotopic (exact) mass is 226 g/mol. The summed E-state index contributed by atoms with van der Waals surface area (Å²) in [4.78, 5) is 13.3. The Labute approximate surface area is 91.8 Å². The highest BCUT2D eigenvalue weighted by molar-refractivity contribution is 5.94. The van der Waals surface area contributed by atoms with Gasteiger partial charge in [-0.1, -0.05) is 0 Å². The predicted octanol–water partition coefficient (Wildman–Crippen LogP) is 1.14. The van der Waals surface area contributed by atoms with Gasteiger partial charge in [0.25, 0.3) is 5.91 Å². The average Bonchev–Trinajstić information content (AvgIpc) is 2.67. The van der Waals surface area contributed by atoms with Crippen LogP contribution in [-0.4, -0.2) is 29.9 Å². The molecule has 2 N–H and O–H groups in total. The first-order valence-corrected chi connectivity index (χ1v) is 5.08. The van der Waals surface area contributed by atoms with Gasteiger partial charge in [0.1, 0.15) is 11.6 Å². The molecule has 0 spiro atoms. The Morgan fingerprint density at radius 2 is 2.19 bits per heavy atom. The van der Waals surface area contributed by atoms with Crippen LogP contribution in [-0.2, 0) is 0 Å². The molecule has 1 heterocycles. The van der Waals surface area contributed by atoms with Crippen LogP contribution in [0.3, 0.4) is 0 Å². The highest BCUT2D eigenvalue weighted by Gasteiger charge is 2.26. The van der Waals surface area contributed by atoms with Gasteiger partial charge in [-0.05, 0) is 24.6 Å². The molecule has 1 fully saturated rings. The lowest BCUT2D eigenvalue weighted by Crippen LogP contribution is -2.32. The van der Waals surface area contributed by atoms with Gasteiger partial charge in [0.15, 0.2) is 0 Å². The Morgan fingerprint density at radius 3 is 2.81 bits per heavy atom. The lowest BCUT2D eigenvalue weighted by atomic mass is 10.2. The van der Waals surface area contributed by atoms with Gasteiger partial charge < -0.3 is 10.6 Å². The lowest BCUT2D eigenvalue weighted by Gasteiger charge is -2.16. The van der Waals surface area contributed by atoms with Gasteiger partial charge in [0.05, 0.1) is 5.56 Å². The summed E-state index contributed by atoms with van der Waals surface area (Å²) < 4.78 is 26.2. The Balaban J connectivity index is 2.23. The number of benzene rings is 1. The number of halogens is 2. The van der Waals surface area contributed by atoms with Crippen molar-refractivity contribution < 1.29 is 13.6 Å². The number of carbonyl (C=O) groups is 1. The summed E-state index contributed by atoms with van der Waals surface area (Å²) in [6.07, 6.45) is 0.697. The molecule has 1 atom stereocenters. The second-order valence-corrected chi connectivity index (χ2v) is 3.92. The van der Waals surface area contributed by atoms with E-state index >= 15 is 0 Å². The third kappa shape index (κ3) is 2.04. The fourth-order valence-corrected chi connectivity index (χ4v) is 1.80. The van der Waals surface area contributed by atoms with Crippen molar-refractivity contribution in [3.8, 4) is 0 Å². The second-order valence-electron chi connectivity index (χ2n) is 3.92. The van der Waals surface area contributed by atoms with Crippen molar-refractivity contribution in [1.29, 1.82) is 0 Å². The van der Waals surface area contributed by atoms with E-state index in [9.17, 15) is 13.6 Å². The molecule has 1 aliphatic rings. The molecule has 1 aromatic rings. The third-order valence-electron chi connectivity index (χ3n) is 2.67. The SMILES string of the molecule is N[C@H]1CCN(C(=O)c2cc(F)ccc2F)C1. The zero-order valence-electron chi connectivity index (χ0n) is 8.62. The van der Waals surface area contributed by atoms with Crippen LogP contribution >= 0.6 is 0 Å². The number of carbonyl (C=O) groups excluding carboxylic acids is 1. The number of hydrogen-bond acceptors (Lipinski definition) is 2. The first-order chi connectivity index (χ1) is 7.58. The molecule has 1 saturated heterocycles. The third-order valence-corrected chi connectivity index (χ3v) is 2.67. The molecule has 5 heteroatoms. The van der Waals surface area contributed by atoms with Crippen LogP contribution in [0.2, 0.25) is 0 Å². The van der Waals surface area contributed by atoms with Crippen molar-refractivity contribution in [2.24, 2.45) is 5.73 Å². The van der Waals surface area contributed by atoms with E-state index in [0.717, 1.165) is 18.2 Å². The fourth-order valence-electron chi connectivity index (χ4n) is 1.80. The number of hydrogen-bond donors (Lipinski definition) is 1. The summed E-state index contributed by atoms with van der Waals surface area (Å²) in [7, 11) is 0. The molecule has 16 heavy (non-hydrogen) atoms. The highest BCUT2D eigenvalue weighted by atomic mass is 19.1. The van der Waals surface area contributed by atoms with Gasteiger partial charge in [-0.2, -0.15) is 0 Å². The minimum Gasteiger partial charge on any atom is -0.337 e. The first-order valence-electron chi connectivity index (χ1n) is 5.08. The molecule has 3 nitrogen and oxygen atoms in total. The summed E-state index contributed by atoms with van der Waals surface area (Å²) in [6.45, 7) is 0.894. The van der Waals surface area contributed by atoms with Crippen LogP contribution in [0.1, 0.15) is 16.8 Å². The molecule has 0 aromatic heterocycles. The average molecular weight is 226 g/mol. The Kier molecular flexibility index (Phi) is 2.87.